The highest BCUT2D eigenvalue weighted by Gasteiger charge is 2.33. The summed E-state index contributed by atoms with van der Waals surface area (Å²) in [5, 5.41) is 20.0. The van der Waals surface area contributed by atoms with Crippen molar-refractivity contribution in [1.82, 2.24) is 0 Å². The highest BCUT2D eigenvalue weighted by Crippen LogP contribution is 2.44. The molecule has 6 nitrogen and oxygen atoms in total. The number of ether oxygens (including phenoxy) is 1. The Morgan fingerprint density at radius 3 is 2.68 bits per heavy atom. The van der Waals surface area contributed by atoms with Crippen LogP contribution >= 0.6 is 15.9 Å². The van der Waals surface area contributed by atoms with E-state index in [1.54, 1.807) is 24.4 Å². The molecule has 1 aliphatic rings. The van der Waals surface area contributed by atoms with Gasteiger partial charge >= 0.3 is 0 Å². The minimum atomic E-state index is -0.524. The Morgan fingerprint density at radius 2 is 2.00 bits per heavy atom. The Hall–Kier alpha value is -3.50. The summed E-state index contributed by atoms with van der Waals surface area (Å²) in [6, 6.07) is 16.3. The van der Waals surface area contributed by atoms with Gasteiger partial charge in [0.05, 0.1) is 17.9 Å². The van der Waals surface area contributed by atoms with Crippen molar-refractivity contribution in [1.29, 1.82) is 5.26 Å². The summed E-state index contributed by atoms with van der Waals surface area (Å²) in [5.41, 5.74) is 8.06. The Kier molecular flexibility index (Phi) is 4.63. The van der Waals surface area contributed by atoms with Crippen molar-refractivity contribution in [2.45, 2.75) is 5.92 Å². The van der Waals surface area contributed by atoms with Crippen LogP contribution in [0.25, 0.3) is 0 Å². The number of nitrogens with two attached hydrogens (primary N) is 1. The van der Waals surface area contributed by atoms with Gasteiger partial charge in [-0.3, -0.25) is 4.99 Å². The molecule has 2 heterocycles. The Labute approximate surface area is 169 Å². The van der Waals surface area contributed by atoms with Crippen LogP contribution in [-0.2, 0) is 0 Å². The molecule has 2 aromatic carbocycles. The van der Waals surface area contributed by atoms with Gasteiger partial charge in [0.25, 0.3) is 0 Å². The lowest BCUT2D eigenvalue weighted by molar-refractivity contribution is 0.379. The first-order valence-corrected chi connectivity index (χ1v) is 9.13. The Morgan fingerprint density at radius 1 is 1.21 bits per heavy atom. The van der Waals surface area contributed by atoms with Crippen molar-refractivity contribution < 1.29 is 14.3 Å². The predicted molar refractivity (Wildman–Crippen MR) is 108 cm³/mol. The molecule has 0 saturated carbocycles. The summed E-state index contributed by atoms with van der Waals surface area (Å²) in [5.74, 6) is 0.393. The third-order valence-corrected chi connectivity index (χ3v) is 4.90. The molecule has 0 amide bonds. The number of nitrogens with zero attached hydrogens (tertiary/aromatic N) is 2. The Balaban J connectivity index is 1.79. The van der Waals surface area contributed by atoms with Gasteiger partial charge in [0.2, 0.25) is 5.88 Å². The zero-order valence-corrected chi connectivity index (χ0v) is 16.1. The van der Waals surface area contributed by atoms with Crippen LogP contribution in [0.1, 0.15) is 22.8 Å². The van der Waals surface area contributed by atoms with Crippen molar-refractivity contribution in [2.24, 2.45) is 10.7 Å². The normalized spacial score (nSPS) is 15.9. The van der Waals surface area contributed by atoms with Gasteiger partial charge in [0.1, 0.15) is 28.9 Å². The number of rotatable bonds is 3. The highest BCUT2D eigenvalue weighted by atomic mass is 79.9. The van der Waals surface area contributed by atoms with Gasteiger partial charge in [-0.25, -0.2) is 0 Å². The lowest BCUT2D eigenvalue weighted by atomic mass is 9.86. The predicted octanol–water partition coefficient (Wildman–Crippen LogP) is 4.72. The molecular weight excluding hydrogens is 422 g/mol. The van der Waals surface area contributed by atoms with Crippen molar-refractivity contribution in [3.8, 4) is 17.6 Å². The first-order chi connectivity index (χ1) is 13.6. The summed E-state index contributed by atoms with van der Waals surface area (Å²) < 4.78 is 12.0. The summed E-state index contributed by atoms with van der Waals surface area (Å²) in [6.07, 6.45) is 3.09. The number of aromatic hydroxyl groups is 1. The summed E-state index contributed by atoms with van der Waals surface area (Å²) in [4.78, 5) is 4.40. The topological polar surface area (TPSA) is 105 Å². The maximum absolute atomic E-state index is 10.4. The second kappa shape index (κ2) is 7.25. The van der Waals surface area contributed by atoms with Gasteiger partial charge in [0.15, 0.2) is 0 Å². The van der Waals surface area contributed by atoms with Crippen LogP contribution in [0.5, 0.6) is 11.5 Å². The number of hydrogen-bond acceptors (Lipinski definition) is 6. The van der Waals surface area contributed by atoms with Crippen LogP contribution in [0.2, 0.25) is 0 Å². The molecule has 1 aliphatic heterocycles. The molecule has 4 rings (SSSR count). The van der Waals surface area contributed by atoms with Gasteiger partial charge in [-0.15, -0.1) is 0 Å². The lowest BCUT2D eigenvalue weighted by Gasteiger charge is -2.25. The van der Waals surface area contributed by atoms with E-state index in [0.717, 1.165) is 10.2 Å². The average Bonchev–Trinajstić information content (AvgIpc) is 3.21. The first kappa shape index (κ1) is 17.9. The molecule has 3 N–H and O–H groups in total. The summed E-state index contributed by atoms with van der Waals surface area (Å²) in [6.45, 7) is 0. The van der Waals surface area contributed by atoms with E-state index in [4.69, 9.17) is 14.9 Å². The second-order valence-corrected chi connectivity index (χ2v) is 7.04. The van der Waals surface area contributed by atoms with Crippen molar-refractivity contribution in [2.75, 3.05) is 0 Å². The number of furan rings is 1. The summed E-state index contributed by atoms with van der Waals surface area (Å²) >= 11 is 3.38. The maximum Gasteiger partial charge on any atom is 0.205 e. The number of fused-ring (bicyclic) bond motifs is 1. The number of nitriles is 1. The molecule has 0 radical (unpaired) electrons. The number of halogens is 1. The van der Waals surface area contributed by atoms with E-state index in [2.05, 4.69) is 27.0 Å². The zero-order chi connectivity index (χ0) is 19.7. The molecule has 0 saturated heterocycles. The molecule has 138 valence electrons. The minimum absolute atomic E-state index is 0.00733. The highest BCUT2D eigenvalue weighted by molar-refractivity contribution is 9.10. The molecule has 1 atom stereocenters. The van der Waals surface area contributed by atoms with E-state index in [0.29, 0.717) is 22.6 Å². The number of aliphatic imine (C=N–C) groups is 1. The van der Waals surface area contributed by atoms with Crippen LogP contribution in [0.4, 0.5) is 5.69 Å². The number of benzene rings is 2. The molecular formula is C21H14BrN3O3. The molecule has 0 fully saturated rings. The van der Waals surface area contributed by atoms with Gasteiger partial charge in [-0.1, -0.05) is 15.9 Å². The SMILES string of the molecule is N#CC1=C(N)Oc2cc(O)c(C=Nc3ccc(Br)cc3)cc2C1c1ccco1. The fourth-order valence-electron chi connectivity index (χ4n) is 3.03. The van der Waals surface area contributed by atoms with E-state index in [9.17, 15) is 10.4 Å². The van der Waals surface area contributed by atoms with Crippen LogP contribution in [0.15, 0.2) is 80.1 Å². The van der Waals surface area contributed by atoms with Crippen LogP contribution in [0, 0.1) is 11.3 Å². The van der Waals surface area contributed by atoms with Crippen molar-refractivity contribution in [3.05, 3.63) is 87.6 Å². The fraction of sp³-hybridized carbons (Fsp3) is 0.0476. The van der Waals surface area contributed by atoms with Gasteiger partial charge in [0, 0.05) is 27.9 Å². The average molecular weight is 436 g/mol. The minimum Gasteiger partial charge on any atom is -0.507 e. The third-order valence-electron chi connectivity index (χ3n) is 4.37. The molecule has 3 aromatic rings. The van der Waals surface area contributed by atoms with E-state index in [1.807, 2.05) is 24.3 Å². The van der Waals surface area contributed by atoms with E-state index < -0.39 is 5.92 Å². The summed E-state index contributed by atoms with van der Waals surface area (Å²) in [7, 11) is 0. The molecule has 1 aromatic heterocycles. The number of allylic oxidation sites excluding steroid dienone is 1. The molecule has 1 unspecified atom stereocenters. The Bertz CT molecular complexity index is 1130. The van der Waals surface area contributed by atoms with E-state index in [1.165, 1.54) is 12.3 Å². The quantitative estimate of drug-likeness (QED) is 0.579. The smallest absolute Gasteiger partial charge is 0.205 e. The number of hydrogen-bond donors (Lipinski definition) is 2. The van der Waals surface area contributed by atoms with Crippen LogP contribution in [0.3, 0.4) is 0 Å². The molecule has 0 aliphatic carbocycles. The second-order valence-electron chi connectivity index (χ2n) is 6.12. The number of phenolic OH excluding ortho intramolecular Hbond substituents is 1. The maximum atomic E-state index is 10.4. The number of phenols is 1. The first-order valence-electron chi connectivity index (χ1n) is 8.34. The molecule has 7 heteroatoms. The van der Waals surface area contributed by atoms with Gasteiger partial charge in [-0.05, 0) is 42.5 Å². The monoisotopic (exact) mass is 435 g/mol. The van der Waals surface area contributed by atoms with Crippen LogP contribution in [-0.4, -0.2) is 11.3 Å². The van der Waals surface area contributed by atoms with E-state index in [-0.39, 0.29) is 17.2 Å². The molecule has 0 bridgehead atoms. The third kappa shape index (κ3) is 3.26. The molecule has 0 spiro atoms. The van der Waals surface area contributed by atoms with Gasteiger partial charge < -0.3 is 20.0 Å². The molecule has 28 heavy (non-hydrogen) atoms. The van der Waals surface area contributed by atoms with Crippen LogP contribution < -0.4 is 10.5 Å². The van der Waals surface area contributed by atoms with Gasteiger partial charge in [-0.2, -0.15) is 5.26 Å². The fourth-order valence-corrected chi connectivity index (χ4v) is 3.30. The largest absolute Gasteiger partial charge is 0.507 e. The van der Waals surface area contributed by atoms with Crippen molar-refractivity contribution >= 4 is 27.8 Å². The lowest BCUT2D eigenvalue weighted by Crippen LogP contribution is -2.21. The van der Waals surface area contributed by atoms with Crippen molar-refractivity contribution in [3.63, 3.8) is 0 Å². The zero-order valence-electron chi connectivity index (χ0n) is 14.5. The van der Waals surface area contributed by atoms with E-state index >= 15 is 0 Å². The standard InChI is InChI=1S/C21H14BrN3O3/c22-13-3-5-14(6-4-13)25-11-12-8-15-19(9-17(12)26)28-21(24)16(10-23)20(15)18-2-1-7-27-18/h1-9,11,20,26H,24H2.